The number of amides is 2. The van der Waals surface area contributed by atoms with E-state index in [2.05, 4.69) is 10.6 Å². The molecule has 0 spiro atoms. The van der Waals surface area contributed by atoms with E-state index in [-0.39, 0.29) is 12.4 Å². The molecule has 0 aromatic heterocycles. The number of nitrogens with two attached hydrogens (primary N) is 1. The summed E-state index contributed by atoms with van der Waals surface area (Å²) in [5.41, 5.74) is 8.29. The molecule has 0 unspecified atom stereocenters. The van der Waals surface area contributed by atoms with E-state index in [4.69, 9.17) is 5.73 Å². The van der Waals surface area contributed by atoms with E-state index in [0.29, 0.717) is 19.5 Å². The molecule has 0 heterocycles. The maximum Gasteiger partial charge on any atom is 0.309 e. The number of hydrogen-bond acceptors (Lipinski definition) is 3. The molecule has 24 heavy (non-hydrogen) atoms. The second kappa shape index (κ2) is 8.79. The topological polar surface area (TPSA) is 84.2 Å². The van der Waals surface area contributed by atoms with E-state index >= 15 is 0 Å². The second-order valence-electron chi connectivity index (χ2n) is 5.34. The Morgan fingerprint density at radius 3 is 2.29 bits per heavy atom. The number of nitrogens with one attached hydrogen (secondary N) is 2. The minimum Gasteiger partial charge on any atom is -0.348 e. The molecule has 0 saturated carbocycles. The molecule has 0 radical (unpaired) electrons. The first kappa shape index (κ1) is 17.6. The molecule has 2 aromatic rings. The third-order valence-corrected chi connectivity index (χ3v) is 3.50. The Bertz CT molecular complexity index is 702. The van der Waals surface area contributed by atoms with Crippen LogP contribution in [-0.4, -0.2) is 18.4 Å². The van der Waals surface area contributed by atoms with Crippen LogP contribution in [0.25, 0.3) is 0 Å². The van der Waals surface area contributed by atoms with E-state index < -0.39 is 11.8 Å². The van der Waals surface area contributed by atoms with Crippen LogP contribution < -0.4 is 16.4 Å². The molecule has 2 rings (SSSR count). The third kappa shape index (κ3) is 5.48. The molecule has 5 nitrogen and oxygen atoms in total. The van der Waals surface area contributed by atoms with Crippen molar-refractivity contribution in [1.29, 1.82) is 0 Å². The van der Waals surface area contributed by atoms with Gasteiger partial charge in [-0.05, 0) is 35.2 Å². The van der Waals surface area contributed by atoms with Crippen molar-refractivity contribution in [1.82, 2.24) is 10.6 Å². The number of hydrogen-bond donors (Lipinski definition) is 3. The van der Waals surface area contributed by atoms with Gasteiger partial charge in [0.15, 0.2) is 0 Å². The summed E-state index contributed by atoms with van der Waals surface area (Å²) in [6.07, 6.45) is 0.526. The molecule has 0 aliphatic rings. The van der Waals surface area contributed by atoms with Crippen molar-refractivity contribution >= 4 is 11.8 Å². The van der Waals surface area contributed by atoms with Gasteiger partial charge in [-0.15, -0.1) is 0 Å². The number of carbonyl (C=O) groups excluding carboxylic acids is 2. The molecule has 126 valence electrons. The average molecular weight is 329 g/mol. The van der Waals surface area contributed by atoms with E-state index in [0.717, 1.165) is 16.7 Å². The van der Waals surface area contributed by atoms with Gasteiger partial charge in [-0.25, -0.2) is 4.39 Å². The first-order valence-electron chi connectivity index (χ1n) is 7.67. The van der Waals surface area contributed by atoms with Crippen LogP contribution in [0.1, 0.15) is 16.7 Å². The molecule has 0 saturated heterocycles. The van der Waals surface area contributed by atoms with Gasteiger partial charge < -0.3 is 16.4 Å². The molecule has 0 aliphatic carbocycles. The second-order valence-corrected chi connectivity index (χ2v) is 5.34. The van der Waals surface area contributed by atoms with Crippen LogP contribution in [0.5, 0.6) is 0 Å². The first-order valence-corrected chi connectivity index (χ1v) is 7.67. The SMILES string of the molecule is NCc1cccc(CNC(=O)C(=O)NCCc2ccc(F)cc2)c1. The number of carbonyl (C=O) groups is 2. The predicted octanol–water partition coefficient (Wildman–Crippen LogP) is 1.26. The summed E-state index contributed by atoms with van der Waals surface area (Å²) >= 11 is 0. The smallest absolute Gasteiger partial charge is 0.309 e. The largest absolute Gasteiger partial charge is 0.348 e. The summed E-state index contributed by atoms with van der Waals surface area (Å²) in [5, 5.41) is 5.10. The van der Waals surface area contributed by atoms with Gasteiger partial charge in [-0.2, -0.15) is 0 Å². The van der Waals surface area contributed by atoms with Crippen LogP contribution in [0, 0.1) is 5.82 Å². The summed E-state index contributed by atoms with van der Waals surface area (Å²) in [7, 11) is 0. The predicted molar refractivity (Wildman–Crippen MR) is 89.3 cm³/mol. The molecule has 0 bridgehead atoms. The van der Waals surface area contributed by atoms with Crippen molar-refractivity contribution in [3.63, 3.8) is 0 Å². The van der Waals surface area contributed by atoms with Gasteiger partial charge in [0, 0.05) is 19.6 Å². The summed E-state index contributed by atoms with van der Waals surface area (Å²) in [6.45, 7) is 0.990. The van der Waals surface area contributed by atoms with Crippen molar-refractivity contribution in [2.45, 2.75) is 19.5 Å². The minimum absolute atomic E-state index is 0.262. The Kier molecular flexibility index (Phi) is 6.45. The number of rotatable bonds is 6. The van der Waals surface area contributed by atoms with Gasteiger partial charge in [0.1, 0.15) is 5.82 Å². The average Bonchev–Trinajstić information content (AvgIpc) is 2.61. The Hall–Kier alpha value is -2.73. The van der Waals surface area contributed by atoms with Crippen molar-refractivity contribution in [2.24, 2.45) is 5.73 Å². The highest BCUT2D eigenvalue weighted by Gasteiger charge is 2.12. The fraction of sp³-hybridized carbons (Fsp3) is 0.222. The van der Waals surface area contributed by atoms with Crippen molar-refractivity contribution in [3.05, 3.63) is 71.0 Å². The lowest BCUT2D eigenvalue weighted by atomic mass is 10.1. The highest BCUT2D eigenvalue weighted by molar-refractivity contribution is 6.35. The highest BCUT2D eigenvalue weighted by atomic mass is 19.1. The normalized spacial score (nSPS) is 10.2. The third-order valence-electron chi connectivity index (χ3n) is 3.50. The molecule has 4 N–H and O–H groups in total. The van der Waals surface area contributed by atoms with Crippen LogP contribution in [0.4, 0.5) is 4.39 Å². The maximum absolute atomic E-state index is 12.8. The zero-order valence-electron chi connectivity index (χ0n) is 13.2. The van der Waals surface area contributed by atoms with Gasteiger partial charge in [-0.1, -0.05) is 36.4 Å². The van der Waals surface area contributed by atoms with Gasteiger partial charge in [-0.3, -0.25) is 9.59 Å². The minimum atomic E-state index is -0.688. The molecule has 0 fully saturated rings. The molecular formula is C18H20FN3O2. The van der Waals surface area contributed by atoms with Crippen LogP contribution in [0.3, 0.4) is 0 Å². The van der Waals surface area contributed by atoms with Crippen molar-refractivity contribution in [2.75, 3.05) is 6.54 Å². The van der Waals surface area contributed by atoms with Crippen LogP contribution >= 0.6 is 0 Å². The number of benzene rings is 2. The van der Waals surface area contributed by atoms with E-state index in [1.807, 2.05) is 24.3 Å². The summed E-state index contributed by atoms with van der Waals surface area (Å²) in [5.74, 6) is -1.68. The van der Waals surface area contributed by atoms with Gasteiger partial charge in [0.25, 0.3) is 0 Å². The van der Waals surface area contributed by atoms with Crippen LogP contribution in [-0.2, 0) is 29.1 Å². The van der Waals surface area contributed by atoms with Gasteiger partial charge >= 0.3 is 11.8 Å². The van der Waals surface area contributed by atoms with E-state index in [1.54, 1.807) is 12.1 Å². The molecule has 0 aliphatic heterocycles. The molecule has 6 heteroatoms. The fourth-order valence-electron chi connectivity index (χ4n) is 2.18. The lowest BCUT2D eigenvalue weighted by molar-refractivity contribution is -0.139. The quantitative estimate of drug-likeness (QED) is 0.698. The monoisotopic (exact) mass is 329 g/mol. The van der Waals surface area contributed by atoms with Gasteiger partial charge in [0.2, 0.25) is 0 Å². The summed E-state index contributed by atoms with van der Waals surface area (Å²) in [4.78, 5) is 23.5. The van der Waals surface area contributed by atoms with Crippen LogP contribution in [0.2, 0.25) is 0 Å². The zero-order chi connectivity index (χ0) is 17.4. The Balaban J connectivity index is 1.73. The fourth-order valence-corrected chi connectivity index (χ4v) is 2.18. The Morgan fingerprint density at radius 1 is 0.917 bits per heavy atom. The molecule has 2 aromatic carbocycles. The lowest BCUT2D eigenvalue weighted by Gasteiger charge is -2.08. The van der Waals surface area contributed by atoms with E-state index in [1.165, 1.54) is 12.1 Å². The van der Waals surface area contributed by atoms with Crippen LogP contribution in [0.15, 0.2) is 48.5 Å². The van der Waals surface area contributed by atoms with Gasteiger partial charge in [0.05, 0.1) is 0 Å². The highest BCUT2D eigenvalue weighted by Crippen LogP contribution is 2.04. The molecule has 2 amide bonds. The van der Waals surface area contributed by atoms with Crippen molar-refractivity contribution < 1.29 is 14.0 Å². The van der Waals surface area contributed by atoms with E-state index in [9.17, 15) is 14.0 Å². The Morgan fingerprint density at radius 2 is 1.58 bits per heavy atom. The summed E-state index contributed by atoms with van der Waals surface area (Å²) in [6, 6.07) is 13.5. The molecule has 0 atom stereocenters. The first-order chi connectivity index (χ1) is 11.6. The lowest BCUT2D eigenvalue weighted by Crippen LogP contribution is -2.40. The number of halogens is 1. The molecular weight excluding hydrogens is 309 g/mol. The van der Waals surface area contributed by atoms with Crippen molar-refractivity contribution in [3.8, 4) is 0 Å². The zero-order valence-corrected chi connectivity index (χ0v) is 13.2. The maximum atomic E-state index is 12.8. The Labute approximate surface area is 140 Å². The standard InChI is InChI=1S/C18H20FN3O2/c19-16-6-4-13(5-7-16)8-9-21-17(23)18(24)22-12-15-3-1-2-14(10-15)11-20/h1-7,10H,8-9,11-12,20H2,(H,21,23)(H,22,24). The summed E-state index contributed by atoms with van der Waals surface area (Å²) < 4.78 is 12.8.